The fourth-order valence-corrected chi connectivity index (χ4v) is 8.28. The van der Waals surface area contributed by atoms with E-state index in [1.807, 2.05) is 60.7 Å². The first kappa shape index (κ1) is 21.3. The highest BCUT2D eigenvalue weighted by Gasteiger charge is 2.21. The molecule has 53 heavy (non-hydrogen) atoms. The van der Waals surface area contributed by atoms with E-state index in [2.05, 4.69) is 75.9 Å². The summed E-state index contributed by atoms with van der Waals surface area (Å²) in [7, 11) is 0. The maximum Gasteiger partial charge on any atom is 0.136 e. The lowest BCUT2D eigenvalue weighted by molar-refractivity contribution is 0.669. The molecule has 3 nitrogen and oxygen atoms in total. The average Bonchev–Trinajstić information content (AvgIpc) is 3.97. The Morgan fingerprint density at radius 1 is 0.415 bits per heavy atom. The van der Waals surface area contributed by atoms with Gasteiger partial charge in [-0.15, -0.1) is 0 Å². The zero-order valence-electron chi connectivity index (χ0n) is 36.9. The molecule has 3 aromatic heterocycles. The van der Waals surface area contributed by atoms with Gasteiger partial charge in [0, 0.05) is 43.7 Å². The van der Waals surface area contributed by atoms with Crippen LogP contribution in [0.15, 0.2) is 186 Å². The first-order valence-corrected chi connectivity index (χ1v) is 17.5. The second-order valence-corrected chi connectivity index (χ2v) is 13.4. The van der Waals surface area contributed by atoms with Gasteiger partial charge in [-0.05, 0) is 105 Å². The van der Waals surface area contributed by atoms with E-state index in [1.54, 1.807) is 0 Å². The monoisotopic (exact) mass is 683 g/mol. The minimum atomic E-state index is -0.542. The van der Waals surface area contributed by atoms with Gasteiger partial charge in [-0.3, -0.25) is 0 Å². The molecule has 3 heterocycles. The summed E-state index contributed by atoms with van der Waals surface area (Å²) in [5, 5.41) is 5.64. The van der Waals surface area contributed by atoms with Crippen molar-refractivity contribution in [2.75, 3.05) is 0 Å². The molecule has 3 heteroatoms. The number of aromatic nitrogens is 2. The number of nitrogens with zero attached hydrogens (tertiary/aromatic N) is 2. The van der Waals surface area contributed by atoms with Crippen LogP contribution in [0.4, 0.5) is 0 Å². The van der Waals surface area contributed by atoms with Gasteiger partial charge >= 0.3 is 0 Å². The number of fused-ring (bicyclic) bond motifs is 12. The van der Waals surface area contributed by atoms with Crippen LogP contribution < -0.4 is 0 Å². The predicted octanol–water partition coefficient (Wildman–Crippen LogP) is 13.8. The van der Waals surface area contributed by atoms with Crippen LogP contribution in [0.1, 0.15) is 12.3 Å². The molecule has 0 aliphatic carbocycles. The summed E-state index contributed by atoms with van der Waals surface area (Å²) in [5.74, 6) is 0. The fraction of sp³-hybridized carbons (Fsp3) is 0. The first-order valence-electron chi connectivity index (χ1n) is 22.0. The summed E-state index contributed by atoms with van der Waals surface area (Å²) in [6.45, 7) is 0. The summed E-state index contributed by atoms with van der Waals surface area (Å²) in [6, 6.07) is 39.6. The van der Waals surface area contributed by atoms with Gasteiger partial charge in [0.1, 0.15) is 11.2 Å². The van der Waals surface area contributed by atoms with Crippen molar-refractivity contribution in [1.82, 2.24) is 9.13 Å². The molecule has 0 fully saturated rings. The number of furan rings is 1. The maximum atomic E-state index is 9.82. The minimum Gasteiger partial charge on any atom is -0.456 e. The number of rotatable bonds is 3. The van der Waals surface area contributed by atoms with Crippen LogP contribution in [0, 0.1) is 0 Å². The Hall–Kier alpha value is -7.10. The van der Waals surface area contributed by atoms with Gasteiger partial charge in [-0.1, -0.05) is 109 Å². The van der Waals surface area contributed by atoms with Gasteiger partial charge in [0.25, 0.3) is 0 Å². The molecule has 0 N–H and O–H groups in total. The SMILES string of the molecule is [2H]c1c(-c2cc(-n3c4ccccc4c4c5c6ccccc6n(-c6ccccc6)c5ccc43)cc3ccccc23)c([2H])c2c(oc3c([2H])c4c([2H])c([2H])c([2H])c([2H])c4c([2H])c32)c1[2H]. The lowest BCUT2D eigenvalue weighted by Crippen LogP contribution is -1.96. The van der Waals surface area contributed by atoms with Crippen molar-refractivity contribution in [3.8, 4) is 22.5 Å². The molecule has 0 saturated heterocycles. The minimum absolute atomic E-state index is 0.0104. The van der Waals surface area contributed by atoms with Crippen molar-refractivity contribution in [2.45, 2.75) is 0 Å². The van der Waals surface area contributed by atoms with E-state index in [9.17, 15) is 5.48 Å². The van der Waals surface area contributed by atoms with Crippen LogP contribution in [0.2, 0.25) is 0 Å². The van der Waals surface area contributed by atoms with Crippen LogP contribution in [-0.4, -0.2) is 9.13 Å². The molecule has 9 aromatic carbocycles. The third-order valence-corrected chi connectivity index (χ3v) is 10.5. The molecule has 0 radical (unpaired) electrons. The summed E-state index contributed by atoms with van der Waals surface area (Å²) >= 11 is 0. The van der Waals surface area contributed by atoms with E-state index in [4.69, 9.17) is 11.3 Å². The Morgan fingerprint density at radius 2 is 1.02 bits per heavy atom. The molecule has 0 bridgehead atoms. The molecule has 0 saturated carbocycles. The highest BCUT2D eigenvalue weighted by atomic mass is 16.3. The van der Waals surface area contributed by atoms with Crippen molar-refractivity contribution >= 4 is 87.1 Å². The molecule has 12 aromatic rings. The lowest BCUT2D eigenvalue weighted by Gasteiger charge is -2.14. The van der Waals surface area contributed by atoms with E-state index < -0.39 is 24.2 Å². The van der Waals surface area contributed by atoms with Gasteiger partial charge in [-0.25, -0.2) is 0 Å². The van der Waals surface area contributed by atoms with Crippen molar-refractivity contribution in [3.63, 3.8) is 0 Å². The van der Waals surface area contributed by atoms with E-state index in [1.165, 1.54) is 0 Å². The first-order chi connectivity index (χ1) is 30.1. The van der Waals surface area contributed by atoms with Gasteiger partial charge in [0.05, 0.1) is 34.4 Å². The lowest BCUT2D eigenvalue weighted by atomic mass is 9.95. The van der Waals surface area contributed by atoms with E-state index in [0.717, 1.165) is 65.8 Å². The highest BCUT2D eigenvalue weighted by molar-refractivity contribution is 6.29. The van der Waals surface area contributed by atoms with Crippen molar-refractivity contribution in [2.24, 2.45) is 0 Å². The summed E-state index contributed by atoms with van der Waals surface area (Å²) in [6.07, 6.45) is 0. The number of hydrogen-bond acceptors (Lipinski definition) is 1. The maximum absolute atomic E-state index is 9.82. The Labute approximate surface area is 316 Å². The Balaban J connectivity index is 1.19. The second kappa shape index (κ2) is 10.7. The van der Waals surface area contributed by atoms with Crippen LogP contribution in [0.25, 0.3) is 110 Å². The Bertz CT molecular complexity index is 3980. The molecule has 0 amide bonds. The molecule has 0 aliphatic heterocycles. The van der Waals surface area contributed by atoms with E-state index in [0.29, 0.717) is 5.56 Å². The third-order valence-electron chi connectivity index (χ3n) is 10.5. The summed E-state index contributed by atoms with van der Waals surface area (Å²) in [4.78, 5) is 0. The zero-order valence-corrected chi connectivity index (χ0v) is 27.9. The van der Waals surface area contributed by atoms with Crippen LogP contribution >= 0.6 is 0 Å². The van der Waals surface area contributed by atoms with E-state index >= 15 is 0 Å². The smallest absolute Gasteiger partial charge is 0.136 e. The molecule has 246 valence electrons. The van der Waals surface area contributed by atoms with Crippen molar-refractivity contribution in [3.05, 3.63) is 182 Å². The van der Waals surface area contributed by atoms with E-state index in [-0.39, 0.29) is 68.5 Å². The fourth-order valence-electron chi connectivity index (χ4n) is 8.28. The van der Waals surface area contributed by atoms with Gasteiger partial charge < -0.3 is 13.6 Å². The molecular weight excluding hydrogens is 645 g/mol. The predicted molar refractivity (Wildman–Crippen MR) is 223 cm³/mol. The van der Waals surface area contributed by atoms with Gasteiger partial charge in [0.15, 0.2) is 0 Å². The average molecular weight is 684 g/mol. The molecular formula is C50H30N2O. The van der Waals surface area contributed by atoms with Crippen molar-refractivity contribution in [1.29, 1.82) is 0 Å². The van der Waals surface area contributed by atoms with Crippen molar-refractivity contribution < 1.29 is 16.8 Å². The summed E-state index contributed by atoms with van der Waals surface area (Å²) in [5.41, 5.74) is 6.23. The number of hydrogen-bond donors (Lipinski definition) is 0. The molecule has 0 aliphatic rings. The second-order valence-electron chi connectivity index (χ2n) is 13.4. The molecule has 12 rings (SSSR count). The molecule has 0 spiro atoms. The molecule has 0 atom stereocenters. The zero-order chi connectivity index (χ0) is 42.5. The number of para-hydroxylation sites is 3. The number of benzene rings is 9. The Morgan fingerprint density at radius 3 is 1.75 bits per heavy atom. The normalized spacial score (nSPS) is 14.5. The Kier molecular flexibility index (Phi) is 4.30. The van der Waals surface area contributed by atoms with Crippen LogP contribution in [-0.2, 0) is 0 Å². The van der Waals surface area contributed by atoms with Crippen LogP contribution in [0.5, 0.6) is 0 Å². The van der Waals surface area contributed by atoms with Gasteiger partial charge in [0.2, 0.25) is 0 Å². The quantitative estimate of drug-likeness (QED) is 0.182. The topological polar surface area (TPSA) is 23.0 Å². The standard InChI is InChI=1S/C50H30N2O/c1-2-15-35(16-3-1)51-43-20-10-8-18-38(43)49-45(51)23-24-46-50(49)39-19-9-11-21-44(39)52(46)36-26-33-14-6-7-17-37(33)40(30-36)34-22-25-47-41(28-34)42-27-31-12-4-5-13-32(31)29-48(42)53-47/h1-30H/i4D,5D,12D,13D,22D,25D,27D,28D,29D. The molecule has 0 unspecified atom stereocenters. The van der Waals surface area contributed by atoms with Crippen LogP contribution in [0.3, 0.4) is 0 Å². The largest absolute Gasteiger partial charge is 0.456 e. The third kappa shape index (κ3) is 4.05. The highest BCUT2D eigenvalue weighted by Crippen LogP contribution is 2.44. The van der Waals surface area contributed by atoms with Gasteiger partial charge in [-0.2, -0.15) is 0 Å². The summed E-state index contributed by atoms with van der Waals surface area (Å²) < 4.78 is 91.3.